The van der Waals surface area contributed by atoms with E-state index in [0.717, 1.165) is 30.7 Å². The Morgan fingerprint density at radius 1 is 1.46 bits per heavy atom. The van der Waals surface area contributed by atoms with Crippen molar-refractivity contribution in [2.45, 2.75) is 32.6 Å². The Bertz CT molecular complexity index is 347. The lowest BCUT2D eigenvalue weighted by atomic mass is 10.1. The number of hydrogen-bond acceptors (Lipinski definition) is 3. The summed E-state index contributed by atoms with van der Waals surface area (Å²) in [6.07, 6.45) is 5.27. The Labute approximate surface area is 77.2 Å². The molecule has 0 unspecified atom stereocenters. The van der Waals surface area contributed by atoms with Crippen molar-refractivity contribution in [1.82, 2.24) is 9.97 Å². The molecule has 0 aromatic carbocycles. The second kappa shape index (κ2) is 3.24. The minimum absolute atomic E-state index is 0.174. The van der Waals surface area contributed by atoms with Crippen molar-refractivity contribution in [1.29, 1.82) is 0 Å². The van der Waals surface area contributed by atoms with Crippen molar-refractivity contribution in [3.05, 3.63) is 23.3 Å². The molecule has 0 aliphatic heterocycles. The first kappa shape index (κ1) is 8.35. The van der Waals surface area contributed by atoms with Gasteiger partial charge in [0.25, 0.3) is 0 Å². The van der Waals surface area contributed by atoms with Crippen molar-refractivity contribution in [2.24, 2.45) is 0 Å². The van der Waals surface area contributed by atoms with Gasteiger partial charge in [0.05, 0.1) is 5.69 Å². The van der Waals surface area contributed by atoms with E-state index in [2.05, 4.69) is 9.97 Å². The van der Waals surface area contributed by atoms with Gasteiger partial charge in [-0.3, -0.25) is 4.79 Å². The van der Waals surface area contributed by atoms with Gasteiger partial charge in [-0.2, -0.15) is 0 Å². The SMILES string of the molecule is CC(=O)Cc1ncnc2c1CCC2. The molecule has 0 bridgehead atoms. The first-order valence-electron chi connectivity index (χ1n) is 4.58. The molecule has 1 heterocycles. The minimum atomic E-state index is 0.174. The summed E-state index contributed by atoms with van der Waals surface area (Å²) in [5.41, 5.74) is 3.30. The third-order valence-electron chi connectivity index (χ3n) is 2.38. The molecule has 1 aromatic heterocycles. The number of hydrogen-bond donors (Lipinski definition) is 0. The summed E-state index contributed by atoms with van der Waals surface area (Å²) < 4.78 is 0. The molecular formula is C10H12N2O. The van der Waals surface area contributed by atoms with Gasteiger partial charge in [-0.15, -0.1) is 0 Å². The van der Waals surface area contributed by atoms with Crippen molar-refractivity contribution in [3.8, 4) is 0 Å². The van der Waals surface area contributed by atoms with E-state index in [4.69, 9.17) is 0 Å². The van der Waals surface area contributed by atoms with Gasteiger partial charge in [-0.05, 0) is 31.7 Å². The number of carbonyl (C=O) groups excluding carboxylic acids is 1. The molecule has 1 aliphatic rings. The van der Waals surface area contributed by atoms with Crippen LogP contribution in [0.2, 0.25) is 0 Å². The first-order valence-corrected chi connectivity index (χ1v) is 4.58. The fraction of sp³-hybridized carbons (Fsp3) is 0.500. The summed E-state index contributed by atoms with van der Waals surface area (Å²) >= 11 is 0. The number of ketones is 1. The van der Waals surface area contributed by atoms with E-state index in [1.165, 1.54) is 5.56 Å². The van der Waals surface area contributed by atoms with Gasteiger partial charge in [0.2, 0.25) is 0 Å². The molecule has 1 aromatic rings. The molecule has 0 fully saturated rings. The molecule has 13 heavy (non-hydrogen) atoms. The minimum Gasteiger partial charge on any atom is -0.300 e. The van der Waals surface area contributed by atoms with Crippen LogP contribution in [-0.2, 0) is 24.1 Å². The normalized spacial score (nSPS) is 14.2. The highest BCUT2D eigenvalue weighted by molar-refractivity contribution is 5.78. The molecule has 0 N–H and O–H groups in total. The molecule has 68 valence electrons. The van der Waals surface area contributed by atoms with Crippen LogP contribution in [0.15, 0.2) is 6.33 Å². The third kappa shape index (κ3) is 1.59. The number of nitrogens with zero attached hydrogens (tertiary/aromatic N) is 2. The van der Waals surface area contributed by atoms with Crippen LogP contribution >= 0.6 is 0 Å². The Morgan fingerprint density at radius 3 is 3.08 bits per heavy atom. The second-order valence-electron chi connectivity index (χ2n) is 3.48. The Hall–Kier alpha value is -1.25. The van der Waals surface area contributed by atoms with Crippen LogP contribution in [-0.4, -0.2) is 15.8 Å². The number of fused-ring (bicyclic) bond motifs is 1. The van der Waals surface area contributed by atoms with Gasteiger partial charge in [0.15, 0.2) is 0 Å². The lowest BCUT2D eigenvalue weighted by Crippen LogP contribution is -2.04. The number of carbonyl (C=O) groups is 1. The van der Waals surface area contributed by atoms with Gasteiger partial charge < -0.3 is 0 Å². The van der Waals surface area contributed by atoms with Crippen LogP contribution in [0.1, 0.15) is 30.3 Å². The lowest BCUT2D eigenvalue weighted by molar-refractivity contribution is -0.116. The predicted molar refractivity (Wildman–Crippen MR) is 48.4 cm³/mol. The third-order valence-corrected chi connectivity index (χ3v) is 2.38. The molecule has 0 spiro atoms. The summed E-state index contributed by atoms with van der Waals surface area (Å²) in [5.74, 6) is 0.174. The molecule has 0 saturated carbocycles. The maximum absolute atomic E-state index is 11.0. The van der Waals surface area contributed by atoms with Crippen LogP contribution < -0.4 is 0 Å². The maximum Gasteiger partial charge on any atom is 0.135 e. The Morgan fingerprint density at radius 2 is 2.31 bits per heavy atom. The first-order chi connectivity index (χ1) is 6.27. The fourth-order valence-electron chi connectivity index (χ4n) is 1.82. The summed E-state index contributed by atoms with van der Waals surface area (Å²) in [7, 11) is 0. The monoisotopic (exact) mass is 176 g/mol. The average Bonchev–Trinajstić information content (AvgIpc) is 2.51. The summed E-state index contributed by atoms with van der Waals surface area (Å²) in [6, 6.07) is 0. The number of aromatic nitrogens is 2. The van der Waals surface area contributed by atoms with Crippen molar-refractivity contribution < 1.29 is 4.79 Å². The van der Waals surface area contributed by atoms with Gasteiger partial charge in [-0.1, -0.05) is 0 Å². The zero-order chi connectivity index (χ0) is 9.26. The fourth-order valence-corrected chi connectivity index (χ4v) is 1.82. The van der Waals surface area contributed by atoms with E-state index < -0.39 is 0 Å². The van der Waals surface area contributed by atoms with Crippen molar-refractivity contribution in [3.63, 3.8) is 0 Å². The summed E-state index contributed by atoms with van der Waals surface area (Å²) in [4.78, 5) is 19.3. The molecule has 3 heteroatoms. The van der Waals surface area contributed by atoms with E-state index in [1.807, 2.05) is 0 Å². The van der Waals surface area contributed by atoms with Crippen molar-refractivity contribution in [2.75, 3.05) is 0 Å². The van der Waals surface area contributed by atoms with Crippen LogP contribution in [0.25, 0.3) is 0 Å². The number of aryl methyl sites for hydroxylation is 1. The highest BCUT2D eigenvalue weighted by Gasteiger charge is 2.17. The average molecular weight is 176 g/mol. The van der Waals surface area contributed by atoms with Gasteiger partial charge >= 0.3 is 0 Å². The molecule has 0 radical (unpaired) electrons. The van der Waals surface area contributed by atoms with E-state index >= 15 is 0 Å². The largest absolute Gasteiger partial charge is 0.300 e. The molecule has 0 amide bonds. The summed E-state index contributed by atoms with van der Waals surface area (Å²) in [6.45, 7) is 1.60. The maximum atomic E-state index is 11.0. The molecule has 0 atom stereocenters. The highest BCUT2D eigenvalue weighted by Crippen LogP contribution is 2.21. The van der Waals surface area contributed by atoms with Crippen LogP contribution in [0.4, 0.5) is 0 Å². The highest BCUT2D eigenvalue weighted by atomic mass is 16.1. The standard InChI is InChI=1S/C10H12N2O/c1-7(13)5-10-8-3-2-4-9(8)11-6-12-10/h6H,2-5H2,1H3. The van der Waals surface area contributed by atoms with Crippen LogP contribution in [0.5, 0.6) is 0 Å². The summed E-state index contributed by atoms with van der Waals surface area (Å²) in [5, 5.41) is 0. The Kier molecular flexibility index (Phi) is 2.08. The molecule has 2 rings (SSSR count). The lowest BCUT2D eigenvalue weighted by Gasteiger charge is -2.03. The van der Waals surface area contributed by atoms with E-state index in [0.29, 0.717) is 6.42 Å². The second-order valence-corrected chi connectivity index (χ2v) is 3.48. The number of rotatable bonds is 2. The zero-order valence-electron chi connectivity index (χ0n) is 7.71. The number of Topliss-reactive ketones (excluding diaryl/α,β-unsaturated/α-hetero) is 1. The van der Waals surface area contributed by atoms with Crippen LogP contribution in [0, 0.1) is 0 Å². The van der Waals surface area contributed by atoms with Crippen molar-refractivity contribution >= 4 is 5.78 Å². The van der Waals surface area contributed by atoms with E-state index in [-0.39, 0.29) is 5.78 Å². The smallest absolute Gasteiger partial charge is 0.135 e. The topological polar surface area (TPSA) is 42.9 Å². The molecule has 0 saturated heterocycles. The van der Waals surface area contributed by atoms with Crippen LogP contribution in [0.3, 0.4) is 0 Å². The molecule has 3 nitrogen and oxygen atoms in total. The molecule has 1 aliphatic carbocycles. The quantitative estimate of drug-likeness (QED) is 0.677. The van der Waals surface area contributed by atoms with E-state index in [1.54, 1.807) is 13.3 Å². The predicted octanol–water partition coefficient (Wildman–Crippen LogP) is 1.10. The molecular weight excluding hydrogens is 164 g/mol. The van der Waals surface area contributed by atoms with Gasteiger partial charge in [0.1, 0.15) is 12.1 Å². The zero-order valence-corrected chi connectivity index (χ0v) is 7.71. The van der Waals surface area contributed by atoms with Gasteiger partial charge in [0, 0.05) is 12.1 Å². The van der Waals surface area contributed by atoms with Gasteiger partial charge in [-0.25, -0.2) is 9.97 Å². The Balaban J connectivity index is 2.36. The van der Waals surface area contributed by atoms with E-state index in [9.17, 15) is 4.79 Å².